The summed E-state index contributed by atoms with van der Waals surface area (Å²) in [7, 11) is -1.22. The van der Waals surface area contributed by atoms with Gasteiger partial charge in [-0.3, -0.25) is 0 Å². The van der Waals surface area contributed by atoms with Gasteiger partial charge in [0.2, 0.25) is 5.89 Å². The van der Waals surface area contributed by atoms with E-state index in [0.29, 0.717) is 21.9 Å². The summed E-state index contributed by atoms with van der Waals surface area (Å²) < 4.78 is 36.2. The third-order valence-corrected chi connectivity index (χ3v) is 8.70. The van der Waals surface area contributed by atoms with Crippen LogP contribution in [-0.2, 0) is 22.5 Å². The van der Waals surface area contributed by atoms with Crippen molar-refractivity contribution in [3.8, 4) is 0 Å². The molecule has 2 unspecified atom stereocenters. The monoisotopic (exact) mass is 492 g/mol. The molecular weight excluding hydrogens is 467 g/mol. The Labute approximate surface area is 197 Å². The second-order valence-electron chi connectivity index (χ2n) is 8.30. The Morgan fingerprint density at radius 1 is 1.36 bits per heavy atom. The van der Waals surface area contributed by atoms with Crippen molar-refractivity contribution in [2.75, 3.05) is 18.6 Å². The predicted octanol–water partition coefficient (Wildman–Crippen LogP) is 4.02. The summed E-state index contributed by atoms with van der Waals surface area (Å²) in [5, 5.41) is 6.83. The number of anilines is 1. The number of fused-ring (bicyclic) bond motifs is 1. The van der Waals surface area contributed by atoms with Crippen LogP contribution in [0.3, 0.4) is 0 Å². The van der Waals surface area contributed by atoms with Gasteiger partial charge in [0.1, 0.15) is 11.9 Å². The van der Waals surface area contributed by atoms with Gasteiger partial charge < -0.3 is 9.32 Å². The molecule has 1 aliphatic rings. The van der Waals surface area contributed by atoms with Gasteiger partial charge in [0, 0.05) is 18.5 Å². The van der Waals surface area contributed by atoms with Crippen molar-refractivity contribution >= 4 is 32.9 Å². The highest BCUT2D eigenvalue weighted by atomic mass is 35.5. The Kier molecular flexibility index (Phi) is 6.15. The van der Waals surface area contributed by atoms with E-state index in [1.807, 2.05) is 32.7 Å². The van der Waals surface area contributed by atoms with Gasteiger partial charge in [-0.2, -0.15) is 4.31 Å². The number of aromatic amines is 1. The van der Waals surface area contributed by atoms with Crippen LogP contribution >= 0.6 is 11.6 Å². The molecule has 10 heteroatoms. The average Bonchev–Trinajstić information content (AvgIpc) is 3.19. The van der Waals surface area contributed by atoms with E-state index in [2.05, 4.69) is 16.1 Å². The van der Waals surface area contributed by atoms with E-state index in [4.69, 9.17) is 16.0 Å². The van der Waals surface area contributed by atoms with Gasteiger partial charge in [0.05, 0.1) is 27.0 Å². The summed E-state index contributed by atoms with van der Waals surface area (Å²) in [6, 6.07) is 5.87. The molecule has 4 rings (SSSR count). The van der Waals surface area contributed by atoms with Gasteiger partial charge in [-0.1, -0.05) is 24.6 Å². The number of rotatable bonds is 5. The standard InChI is InChI=1S/C23H26ClFN4O3S/c1-6-15-9-16(24)10-19-21(15)33(5,31)29(12-28(19)4)20(22-26-27-23(30)32-22)11-17-14(3)13(2)7-8-18(17)25/h7-10,20H,5-6,11-12H2,1-4H3,(H,27,30). The Morgan fingerprint density at radius 2 is 2.09 bits per heavy atom. The second kappa shape index (κ2) is 8.62. The first kappa shape index (κ1) is 23.5. The quantitative estimate of drug-likeness (QED) is 0.544. The molecule has 1 aliphatic heterocycles. The number of nitrogens with one attached hydrogen (secondary N) is 1. The van der Waals surface area contributed by atoms with E-state index in [9.17, 15) is 13.4 Å². The van der Waals surface area contributed by atoms with Crippen LogP contribution in [0.15, 0.2) is 38.4 Å². The number of benzene rings is 2. The molecular formula is C23H26ClFN4O3S. The van der Waals surface area contributed by atoms with Crippen LogP contribution in [0.5, 0.6) is 0 Å². The number of aromatic nitrogens is 2. The fourth-order valence-electron chi connectivity index (χ4n) is 4.33. The maximum Gasteiger partial charge on any atom is 0.434 e. The van der Waals surface area contributed by atoms with Crippen molar-refractivity contribution in [1.82, 2.24) is 14.5 Å². The largest absolute Gasteiger partial charge is 0.434 e. The summed E-state index contributed by atoms with van der Waals surface area (Å²) in [5.74, 6) is 3.02. The average molecular weight is 493 g/mol. The zero-order valence-electron chi connectivity index (χ0n) is 18.9. The molecule has 3 aromatic rings. The maximum atomic E-state index is 14.9. The topological polar surface area (TPSA) is 82.4 Å². The number of H-pyrrole nitrogens is 1. The van der Waals surface area contributed by atoms with Crippen LogP contribution in [0.2, 0.25) is 5.02 Å². The molecule has 176 valence electrons. The normalized spacial score (nSPS) is 19.5. The predicted molar refractivity (Wildman–Crippen MR) is 129 cm³/mol. The fraction of sp³-hybridized carbons (Fsp3) is 0.348. The second-order valence-corrected chi connectivity index (χ2v) is 10.9. The van der Waals surface area contributed by atoms with E-state index in [-0.39, 0.29) is 24.8 Å². The number of nitrogens with zero attached hydrogens (tertiary/aromatic N) is 3. The number of hydrogen-bond acceptors (Lipinski definition) is 5. The summed E-state index contributed by atoms with van der Waals surface area (Å²) >= 11 is 6.31. The summed E-state index contributed by atoms with van der Waals surface area (Å²) in [5.41, 5.74) is 3.69. The lowest BCUT2D eigenvalue weighted by Crippen LogP contribution is -2.47. The van der Waals surface area contributed by atoms with Crippen LogP contribution in [0.25, 0.3) is 0 Å². The lowest BCUT2D eigenvalue weighted by Gasteiger charge is -2.42. The molecule has 1 aromatic heterocycles. The first-order valence-corrected chi connectivity index (χ1v) is 12.6. The molecule has 2 heterocycles. The third-order valence-electron chi connectivity index (χ3n) is 6.25. The molecule has 0 amide bonds. The number of halogens is 2. The van der Waals surface area contributed by atoms with Crippen molar-refractivity contribution in [2.45, 2.75) is 44.6 Å². The van der Waals surface area contributed by atoms with E-state index in [1.54, 1.807) is 22.5 Å². The zero-order chi connectivity index (χ0) is 24.1. The zero-order valence-corrected chi connectivity index (χ0v) is 20.5. The van der Waals surface area contributed by atoms with Crippen molar-refractivity contribution in [3.05, 3.63) is 73.8 Å². The summed E-state index contributed by atoms with van der Waals surface area (Å²) in [4.78, 5) is 14.3. The summed E-state index contributed by atoms with van der Waals surface area (Å²) in [6.45, 7) is 5.87. The highest BCUT2D eigenvalue weighted by Crippen LogP contribution is 2.42. The molecule has 0 fully saturated rings. The smallest absolute Gasteiger partial charge is 0.391 e. The molecule has 0 radical (unpaired) electrons. The first-order chi connectivity index (χ1) is 15.5. The molecule has 7 nitrogen and oxygen atoms in total. The molecule has 0 aliphatic carbocycles. The van der Waals surface area contributed by atoms with Crippen molar-refractivity contribution in [2.24, 2.45) is 0 Å². The number of aryl methyl sites for hydroxylation is 2. The van der Waals surface area contributed by atoms with Crippen LogP contribution in [0.4, 0.5) is 10.1 Å². The molecule has 0 spiro atoms. The van der Waals surface area contributed by atoms with Gasteiger partial charge in [-0.05, 0) is 66.6 Å². The van der Waals surface area contributed by atoms with Crippen LogP contribution in [-0.4, -0.2) is 38.3 Å². The Morgan fingerprint density at radius 3 is 2.73 bits per heavy atom. The van der Waals surface area contributed by atoms with Crippen molar-refractivity contribution in [3.63, 3.8) is 0 Å². The van der Waals surface area contributed by atoms with Gasteiger partial charge in [-0.25, -0.2) is 18.5 Å². The van der Waals surface area contributed by atoms with E-state index < -0.39 is 21.5 Å². The SMILES string of the molecule is C=S1(=O)c2c(CC)cc(Cl)cc2N(C)CN1C(Cc1c(F)ccc(C)c1C)c1n[nH]c(=O)o1. The minimum Gasteiger partial charge on any atom is -0.391 e. The highest BCUT2D eigenvalue weighted by Gasteiger charge is 2.39. The number of hydrogen-bond donors (Lipinski definition) is 1. The van der Waals surface area contributed by atoms with E-state index in [0.717, 1.165) is 22.4 Å². The molecule has 2 atom stereocenters. The lowest BCUT2D eigenvalue weighted by atomic mass is 9.97. The molecule has 1 N–H and O–H groups in total. The van der Waals surface area contributed by atoms with Gasteiger partial charge >= 0.3 is 5.76 Å². The molecule has 0 saturated heterocycles. The fourth-order valence-corrected chi connectivity index (χ4v) is 6.89. The Bertz CT molecular complexity index is 1380. The maximum absolute atomic E-state index is 14.9. The Balaban J connectivity index is 1.90. The van der Waals surface area contributed by atoms with Gasteiger partial charge in [0.25, 0.3) is 0 Å². The van der Waals surface area contributed by atoms with Crippen LogP contribution < -0.4 is 10.7 Å². The van der Waals surface area contributed by atoms with Crippen molar-refractivity contribution in [1.29, 1.82) is 0 Å². The third kappa shape index (κ3) is 4.09. The lowest BCUT2D eigenvalue weighted by molar-refractivity contribution is 0.274. The molecule has 33 heavy (non-hydrogen) atoms. The molecule has 2 aromatic carbocycles. The molecule has 0 bridgehead atoms. The van der Waals surface area contributed by atoms with Crippen molar-refractivity contribution < 1.29 is 13.0 Å². The highest BCUT2D eigenvalue weighted by molar-refractivity contribution is 7.98. The van der Waals surface area contributed by atoms with E-state index in [1.165, 1.54) is 6.07 Å². The van der Waals surface area contributed by atoms with Crippen LogP contribution in [0, 0.1) is 19.7 Å². The minimum absolute atomic E-state index is 0.0283. The van der Waals surface area contributed by atoms with Gasteiger partial charge in [-0.15, -0.1) is 5.10 Å². The van der Waals surface area contributed by atoms with Crippen LogP contribution in [0.1, 0.15) is 41.1 Å². The first-order valence-electron chi connectivity index (χ1n) is 10.5. The van der Waals surface area contributed by atoms with Gasteiger partial charge in [0.15, 0.2) is 0 Å². The van der Waals surface area contributed by atoms with E-state index >= 15 is 0 Å². The Hall–Kier alpha value is -2.62. The minimum atomic E-state index is -3.07. The molecule has 0 saturated carbocycles. The summed E-state index contributed by atoms with van der Waals surface area (Å²) in [6.07, 6.45) is 0.697.